The lowest BCUT2D eigenvalue weighted by Crippen LogP contribution is -2.25. The minimum absolute atomic E-state index is 0.155. The number of anilines is 1. The van der Waals surface area contributed by atoms with E-state index in [-0.39, 0.29) is 24.2 Å². The Hall–Kier alpha value is -4.11. The summed E-state index contributed by atoms with van der Waals surface area (Å²) in [6, 6.07) is 14.3. The monoisotopic (exact) mass is 474 g/mol. The van der Waals surface area contributed by atoms with Crippen LogP contribution in [0.5, 0.6) is 0 Å². The van der Waals surface area contributed by atoms with Gasteiger partial charge in [0.1, 0.15) is 5.82 Å². The van der Waals surface area contributed by atoms with E-state index in [0.717, 1.165) is 22.4 Å². The summed E-state index contributed by atoms with van der Waals surface area (Å²) in [7, 11) is 1.34. The molecule has 0 saturated heterocycles. The molecular formula is C24H19ClN6O3. The Morgan fingerprint density at radius 2 is 1.88 bits per heavy atom. The molecule has 2 aromatic carbocycles. The van der Waals surface area contributed by atoms with Gasteiger partial charge in [-0.1, -0.05) is 35.9 Å². The standard InChI is InChI=1S/C24H19ClN6O3/c1-13-21-18(14-3-5-16(6-4-14)23(33)34-2)11-20(32)28-22(21)31(30-13)24-27-19(12-26-29-24)15-7-9-17(25)10-8-15/h3-10,12,18H,11H2,1-2H3,(H,28,32). The van der Waals surface area contributed by atoms with E-state index in [2.05, 4.69) is 25.6 Å². The molecule has 1 atom stereocenters. The molecule has 1 amide bonds. The van der Waals surface area contributed by atoms with E-state index in [0.29, 0.717) is 22.1 Å². The largest absolute Gasteiger partial charge is 0.465 e. The zero-order chi connectivity index (χ0) is 23.8. The van der Waals surface area contributed by atoms with Crippen LogP contribution in [0.3, 0.4) is 0 Å². The van der Waals surface area contributed by atoms with Gasteiger partial charge < -0.3 is 10.1 Å². The lowest BCUT2D eigenvalue weighted by Gasteiger charge is -2.24. The van der Waals surface area contributed by atoms with E-state index in [1.54, 1.807) is 30.5 Å². The van der Waals surface area contributed by atoms with E-state index in [9.17, 15) is 9.59 Å². The molecule has 0 saturated carbocycles. The molecule has 1 aliphatic rings. The molecule has 1 N–H and O–H groups in total. The first-order valence-electron chi connectivity index (χ1n) is 10.5. The number of methoxy groups -OCH3 is 1. The lowest BCUT2D eigenvalue weighted by atomic mass is 9.85. The molecule has 170 valence electrons. The number of nitrogens with zero attached hydrogens (tertiary/aromatic N) is 5. The summed E-state index contributed by atoms with van der Waals surface area (Å²) in [6.07, 6.45) is 1.81. The molecule has 0 bridgehead atoms. The number of carbonyl (C=O) groups is 2. The summed E-state index contributed by atoms with van der Waals surface area (Å²) in [5, 5.41) is 16.4. The summed E-state index contributed by atoms with van der Waals surface area (Å²) in [5.41, 5.74) is 4.35. The Kier molecular flexibility index (Phi) is 5.54. The van der Waals surface area contributed by atoms with Crippen LogP contribution in [-0.4, -0.2) is 43.9 Å². The predicted octanol–water partition coefficient (Wildman–Crippen LogP) is 3.95. The Morgan fingerprint density at radius 1 is 1.15 bits per heavy atom. The molecule has 1 aliphatic heterocycles. The first-order chi connectivity index (χ1) is 16.4. The highest BCUT2D eigenvalue weighted by Crippen LogP contribution is 2.40. The van der Waals surface area contributed by atoms with Gasteiger partial charge in [-0.25, -0.2) is 9.78 Å². The maximum Gasteiger partial charge on any atom is 0.337 e. The normalized spacial score (nSPS) is 14.9. The first kappa shape index (κ1) is 21.7. The van der Waals surface area contributed by atoms with Crippen LogP contribution >= 0.6 is 11.6 Å². The second-order valence-corrected chi connectivity index (χ2v) is 8.26. The van der Waals surface area contributed by atoms with Gasteiger partial charge in [-0.2, -0.15) is 14.9 Å². The van der Waals surface area contributed by atoms with Crippen molar-refractivity contribution in [2.75, 3.05) is 12.4 Å². The van der Waals surface area contributed by atoms with Crippen LogP contribution in [-0.2, 0) is 9.53 Å². The molecule has 0 radical (unpaired) electrons. The van der Waals surface area contributed by atoms with Gasteiger partial charge in [0.25, 0.3) is 5.95 Å². The zero-order valence-corrected chi connectivity index (χ0v) is 19.1. The number of benzene rings is 2. The number of esters is 1. The smallest absolute Gasteiger partial charge is 0.337 e. The number of nitrogens with one attached hydrogen (secondary N) is 1. The van der Waals surface area contributed by atoms with E-state index in [1.807, 2.05) is 31.2 Å². The average molecular weight is 475 g/mol. The van der Waals surface area contributed by atoms with Gasteiger partial charge in [-0.05, 0) is 36.8 Å². The van der Waals surface area contributed by atoms with Gasteiger partial charge in [0.2, 0.25) is 5.91 Å². The Balaban J connectivity index is 1.56. The average Bonchev–Trinajstić information content (AvgIpc) is 3.19. The fourth-order valence-electron chi connectivity index (χ4n) is 4.09. The van der Waals surface area contributed by atoms with Crippen LogP contribution in [0, 0.1) is 6.92 Å². The molecule has 1 unspecified atom stereocenters. The van der Waals surface area contributed by atoms with Gasteiger partial charge in [-0.3, -0.25) is 4.79 Å². The van der Waals surface area contributed by atoms with Crippen LogP contribution in [0.2, 0.25) is 5.02 Å². The molecule has 10 heteroatoms. The van der Waals surface area contributed by atoms with Gasteiger partial charge in [-0.15, -0.1) is 5.10 Å². The fraction of sp³-hybridized carbons (Fsp3) is 0.167. The van der Waals surface area contributed by atoms with Crippen molar-refractivity contribution in [1.82, 2.24) is 25.0 Å². The van der Waals surface area contributed by atoms with Crippen molar-refractivity contribution in [3.05, 3.63) is 82.1 Å². The molecule has 0 aliphatic carbocycles. The van der Waals surface area contributed by atoms with E-state index in [4.69, 9.17) is 16.3 Å². The third-order valence-electron chi connectivity index (χ3n) is 5.71. The van der Waals surface area contributed by atoms with E-state index < -0.39 is 5.97 Å². The summed E-state index contributed by atoms with van der Waals surface area (Å²) >= 11 is 5.99. The summed E-state index contributed by atoms with van der Waals surface area (Å²) < 4.78 is 6.27. The van der Waals surface area contributed by atoms with Crippen molar-refractivity contribution in [3.63, 3.8) is 0 Å². The first-order valence-corrected chi connectivity index (χ1v) is 10.9. The van der Waals surface area contributed by atoms with Crippen LogP contribution in [0.4, 0.5) is 5.82 Å². The topological polar surface area (TPSA) is 112 Å². The van der Waals surface area contributed by atoms with Crippen molar-refractivity contribution in [2.24, 2.45) is 0 Å². The van der Waals surface area contributed by atoms with Crippen molar-refractivity contribution in [1.29, 1.82) is 0 Å². The lowest BCUT2D eigenvalue weighted by molar-refractivity contribution is -0.116. The van der Waals surface area contributed by atoms with E-state index in [1.165, 1.54) is 11.8 Å². The van der Waals surface area contributed by atoms with Gasteiger partial charge >= 0.3 is 5.97 Å². The summed E-state index contributed by atoms with van der Waals surface area (Å²) in [4.78, 5) is 29.0. The highest BCUT2D eigenvalue weighted by Gasteiger charge is 2.33. The van der Waals surface area contributed by atoms with Crippen LogP contribution in [0.15, 0.2) is 54.7 Å². The summed E-state index contributed by atoms with van der Waals surface area (Å²) in [6.45, 7) is 1.87. The molecule has 0 fully saturated rings. The molecule has 5 rings (SSSR count). The molecule has 34 heavy (non-hydrogen) atoms. The highest BCUT2D eigenvalue weighted by atomic mass is 35.5. The van der Waals surface area contributed by atoms with Gasteiger partial charge in [0, 0.05) is 28.5 Å². The molecule has 2 aromatic heterocycles. The Labute approximate surface area is 199 Å². The third-order valence-corrected chi connectivity index (χ3v) is 5.97. The fourth-order valence-corrected chi connectivity index (χ4v) is 4.22. The van der Waals surface area contributed by atoms with Crippen LogP contribution < -0.4 is 5.32 Å². The van der Waals surface area contributed by atoms with Crippen LogP contribution in [0.1, 0.15) is 39.5 Å². The van der Waals surface area contributed by atoms with Crippen molar-refractivity contribution < 1.29 is 14.3 Å². The minimum atomic E-state index is -0.414. The van der Waals surface area contributed by atoms with Gasteiger partial charge in [0.05, 0.1) is 30.3 Å². The van der Waals surface area contributed by atoms with E-state index >= 15 is 0 Å². The van der Waals surface area contributed by atoms with Crippen molar-refractivity contribution >= 4 is 29.3 Å². The molecule has 0 spiro atoms. The van der Waals surface area contributed by atoms with Gasteiger partial charge in [0.15, 0.2) is 0 Å². The zero-order valence-electron chi connectivity index (χ0n) is 18.3. The predicted molar refractivity (Wildman–Crippen MR) is 125 cm³/mol. The quantitative estimate of drug-likeness (QED) is 0.446. The van der Waals surface area contributed by atoms with Crippen molar-refractivity contribution in [3.8, 4) is 17.2 Å². The molecular weight excluding hydrogens is 456 g/mol. The van der Waals surface area contributed by atoms with Crippen molar-refractivity contribution in [2.45, 2.75) is 19.3 Å². The number of aryl methyl sites for hydroxylation is 1. The molecule has 9 nitrogen and oxygen atoms in total. The molecule has 3 heterocycles. The maximum atomic E-state index is 12.6. The number of ether oxygens (including phenoxy) is 1. The number of carbonyl (C=O) groups excluding carboxylic acids is 2. The number of aromatic nitrogens is 5. The van der Waals surface area contributed by atoms with Crippen LogP contribution in [0.25, 0.3) is 17.2 Å². The second kappa shape index (κ2) is 8.68. The number of amides is 1. The third kappa shape index (κ3) is 3.90. The number of hydrogen-bond acceptors (Lipinski definition) is 7. The second-order valence-electron chi connectivity index (χ2n) is 7.83. The molecule has 4 aromatic rings. The summed E-state index contributed by atoms with van der Waals surface area (Å²) in [5.74, 6) is -0.0680. The highest BCUT2D eigenvalue weighted by molar-refractivity contribution is 6.30. The SMILES string of the molecule is COC(=O)c1ccc(C2CC(=O)Nc3c2c(C)nn3-c2nncc(-c3ccc(Cl)cc3)n2)cc1. The number of rotatable bonds is 4. The number of fused-ring (bicyclic) bond motifs is 1. The number of halogens is 1. The Bertz CT molecular complexity index is 1400. The minimum Gasteiger partial charge on any atom is -0.465 e. The number of hydrogen-bond donors (Lipinski definition) is 1. The Morgan fingerprint density at radius 3 is 2.59 bits per heavy atom. The maximum absolute atomic E-state index is 12.6.